The van der Waals surface area contributed by atoms with Gasteiger partial charge in [-0.3, -0.25) is 0 Å². The maximum atomic E-state index is 6.81. The molecule has 2 aromatic rings. The Hall–Kier alpha value is -1.86. The summed E-state index contributed by atoms with van der Waals surface area (Å²) in [6, 6.07) is 6.93. The molecule has 4 nitrogen and oxygen atoms in total. The van der Waals surface area contributed by atoms with E-state index in [1.807, 2.05) is 0 Å². The van der Waals surface area contributed by atoms with Gasteiger partial charge in [0, 0.05) is 5.56 Å². The molecule has 0 aliphatic carbocycles. The molecule has 0 saturated carbocycles. The van der Waals surface area contributed by atoms with Gasteiger partial charge in [-0.15, -0.1) is 21.8 Å². The first-order valence-corrected chi connectivity index (χ1v) is 4.73. The smallest absolute Gasteiger partial charge is 0.247 e. The van der Waals surface area contributed by atoms with Crippen molar-refractivity contribution in [2.45, 2.75) is 5.88 Å². The first-order valence-electron chi connectivity index (χ1n) is 4.19. The molecular weight excluding hydrogens is 214 g/mol. The Morgan fingerprint density at radius 1 is 1.27 bits per heavy atom. The standard InChI is InChI=1S/C10H6ClN3O/c1-12-8-4-2-7(3-5-8)10-14-13-9(6-11)15-10/h2-5H,6H2. The molecule has 0 atom stereocenters. The van der Waals surface area contributed by atoms with Crippen LogP contribution in [-0.4, -0.2) is 10.2 Å². The van der Waals surface area contributed by atoms with Crippen molar-refractivity contribution < 1.29 is 4.42 Å². The average Bonchev–Trinajstić information content (AvgIpc) is 2.78. The molecule has 0 N–H and O–H groups in total. The Morgan fingerprint density at radius 3 is 2.53 bits per heavy atom. The van der Waals surface area contributed by atoms with Crippen LogP contribution in [-0.2, 0) is 5.88 Å². The first-order chi connectivity index (χ1) is 7.33. The molecule has 0 aliphatic rings. The molecule has 5 heteroatoms. The number of hydrogen-bond donors (Lipinski definition) is 0. The molecule has 0 unspecified atom stereocenters. The van der Waals surface area contributed by atoms with E-state index in [1.165, 1.54) is 0 Å². The second-order valence-electron chi connectivity index (χ2n) is 2.79. The van der Waals surface area contributed by atoms with Crippen LogP contribution in [0.4, 0.5) is 5.69 Å². The van der Waals surface area contributed by atoms with Crippen LogP contribution in [0.2, 0.25) is 0 Å². The second-order valence-corrected chi connectivity index (χ2v) is 3.06. The van der Waals surface area contributed by atoms with E-state index in [4.69, 9.17) is 22.6 Å². The van der Waals surface area contributed by atoms with E-state index in [1.54, 1.807) is 24.3 Å². The average molecular weight is 220 g/mol. The van der Waals surface area contributed by atoms with Gasteiger partial charge in [0.15, 0.2) is 5.69 Å². The maximum absolute atomic E-state index is 6.81. The Morgan fingerprint density at radius 2 is 2.00 bits per heavy atom. The van der Waals surface area contributed by atoms with E-state index in [0.717, 1.165) is 5.56 Å². The van der Waals surface area contributed by atoms with Crippen LogP contribution in [0, 0.1) is 6.57 Å². The lowest BCUT2D eigenvalue weighted by Crippen LogP contribution is -1.76. The molecule has 1 aromatic heterocycles. The molecule has 1 aromatic carbocycles. The van der Waals surface area contributed by atoms with Gasteiger partial charge in [0.1, 0.15) is 5.88 Å². The highest BCUT2D eigenvalue weighted by Crippen LogP contribution is 2.21. The molecule has 0 spiro atoms. The van der Waals surface area contributed by atoms with Crippen LogP contribution in [0.25, 0.3) is 16.3 Å². The van der Waals surface area contributed by atoms with Gasteiger partial charge in [-0.25, -0.2) is 4.85 Å². The van der Waals surface area contributed by atoms with E-state index in [0.29, 0.717) is 17.5 Å². The Labute approximate surface area is 91.3 Å². The minimum absolute atomic E-state index is 0.202. The third-order valence-corrected chi connectivity index (χ3v) is 2.05. The summed E-state index contributed by atoms with van der Waals surface area (Å²) in [6.45, 7) is 6.81. The maximum Gasteiger partial charge on any atom is 0.247 e. The van der Waals surface area contributed by atoms with Crippen LogP contribution in [0.1, 0.15) is 5.89 Å². The van der Waals surface area contributed by atoms with Gasteiger partial charge in [-0.2, -0.15) is 0 Å². The molecule has 0 aliphatic heterocycles. The number of alkyl halides is 1. The predicted octanol–water partition coefficient (Wildman–Crippen LogP) is 3.03. The lowest BCUT2D eigenvalue weighted by atomic mass is 10.2. The van der Waals surface area contributed by atoms with Gasteiger partial charge < -0.3 is 4.42 Å². The fourth-order valence-corrected chi connectivity index (χ4v) is 1.21. The molecule has 0 radical (unpaired) electrons. The van der Waals surface area contributed by atoms with Gasteiger partial charge in [-0.1, -0.05) is 24.3 Å². The Balaban J connectivity index is 2.33. The third kappa shape index (κ3) is 1.97. The molecule has 0 fully saturated rings. The third-order valence-electron chi connectivity index (χ3n) is 1.82. The second kappa shape index (κ2) is 4.11. The van der Waals surface area contributed by atoms with Gasteiger partial charge in [0.25, 0.3) is 0 Å². The molecular formula is C10H6ClN3O. The summed E-state index contributed by atoms with van der Waals surface area (Å²) < 4.78 is 5.26. The lowest BCUT2D eigenvalue weighted by Gasteiger charge is -1.93. The minimum atomic E-state index is 0.202. The number of rotatable bonds is 2. The van der Waals surface area contributed by atoms with Crippen LogP contribution in [0.5, 0.6) is 0 Å². The van der Waals surface area contributed by atoms with Gasteiger partial charge in [0.05, 0.1) is 6.57 Å². The zero-order chi connectivity index (χ0) is 10.7. The SMILES string of the molecule is [C-]#[N+]c1ccc(-c2nnc(CCl)o2)cc1. The van der Waals surface area contributed by atoms with Crippen LogP contribution >= 0.6 is 11.6 Å². The lowest BCUT2D eigenvalue weighted by molar-refractivity contribution is 0.527. The highest BCUT2D eigenvalue weighted by Gasteiger charge is 2.06. The molecule has 74 valence electrons. The molecule has 15 heavy (non-hydrogen) atoms. The normalized spacial score (nSPS) is 9.87. The van der Waals surface area contributed by atoms with E-state index in [2.05, 4.69) is 15.0 Å². The quantitative estimate of drug-likeness (QED) is 0.576. The van der Waals surface area contributed by atoms with Gasteiger partial charge in [0.2, 0.25) is 11.8 Å². The summed E-state index contributed by atoms with van der Waals surface area (Å²) in [5, 5.41) is 7.58. The Bertz CT molecular complexity index is 498. The van der Waals surface area contributed by atoms with E-state index < -0.39 is 0 Å². The van der Waals surface area contributed by atoms with E-state index in [-0.39, 0.29) is 5.88 Å². The number of hydrogen-bond acceptors (Lipinski definition) is 3. The summed E-state index contributed by atoms with van der Waals surface area (Å²) in [5.74, 6) is 1.01. The van der Waals surface area contributed by atoms with Crippen LogP contribution in [0.15, 0.2) is 28.7 Å². The topological polar surface area (TPSA) is 43.3 Å². The minimum Gasteiger partial charge on any atom is -0.419 e. The summed E-state index contributed by atoms with van der Waals surface area (Å²) in [7, 11) is 0. The number of nitrogens with zero attached hydrogens (tertiary/aromatic N) is 3. The van der Waals surface area contributed by atoms with Crippen LogP contribution < -0.4 is 0 Å². The highest BCUT2D eigenvalue weighted by atomic mass is 35.5. The zero-order valence-electron chi connectivity index (χ0n) is 7.64. The fraction of sp³-hybridized carbons (Fsp3) is 0.100. The number of halogens is 1. The van der Waals surface area contributed by atoms with Crippen molar-refractivity contribution >= 4 is 17.3 Å². The fourth-order valence-electron chi connectivity index (χ4n) is 1.10. The van der Waals surface area contributed by atoms with Crippen LogP contribution in [0.3, 0.4) is 0 Å². The van der Waals surface area contributed by atoms with E-state index >= 15 is 0 Å². The summed E-state index contributed by atoms with van der Waals surface area (Å²) >= 11 is 5.54. The van der Waals surface area contributed by atoms with Crippen molar-refractivity contribution in [1.82, 2.24) is 10.2 Å². The van der Waals surface area contributed by atoms with Gasteiger partial charge >= 0.3 is 0 Å². The zero-order valence-corrected chi connectivity index (χ0v) is 8.40. The van der Waals surface area contributed by atoms with Crippen molar-refractivity contribution in [2.75, 3.05) is 0 Å². The van der Waals surface area contributed by atoms with Crippen molar-refractivity contribution in [2.24, 2.45) is 0 Å². The van der Waals surface area contributed by atoms with Crippen molar-refractivity contribution in [3.63, 3.8) is 0 Å². The van der Waals surface area contributed by atoms with E-state index in [9.17, 15) is 0 Å². The molecule has 1 heterocycles. The molecule has 2 rings (SSSR count). The number of benzene rings is 1. The largest absolute Gasteiger partial charge is 0.419 e. The Kier molecular flexibility index (Phi) is 2.66. The first kappa shape index (κ1) is 9.69. The molecule has 0 amide bonds. The van der Waals surface area contributed by atoms with Crippen molar-refractivity contribution in [1.29, 1.82) is 0 Å². The van der Waals surface area contributed by atoms with Crippen molar-refractivity contribution in [3.05, 3.63) is 41.6 Å². The van der Waals surface area contributed by atoms with Gasteiger partial charge in [-0.05, 0) is 0 Å². The monoisotopic (exact) mass is 219 g/mol. The highest BCUT2D eigenvalue weighted by molar-refractivity contribution is 6.16. The summed E-state index contributed by atoms with van der Waals surface area (Å²) in [5.41, 5.74) is 1.36. The predicted molar refractivity (Wildman–Crippen MR) is 55.6 cm³/mol. The van der Waals surface area contributed by atoms with Crippen molar-refractivity contribution in [3.8, 4) is 11.5 Å². The summed E-state index contributed by atoms with van der Waals surface area (Å²) in [6.07, 6.45) is 0. The summed E-state index contributed by atoms with van der Waals surface area (Å²) in [4.78, 5) is 3.29. The molecule has 0 bridgehead atoms. The number of aromatic nitrogens is 2. The molecule has 0 saturated heterocycles.